The molecule has 86 valence electrons. The lowest BCUT2D eigenvalue weighted by Crippen LogP contribution is -2.20. The second-order valence-corrected chi connectivity index (χ2v) is 4.32. The summed E-state index contributed by atoms with van der Waals surface area (Å²) in [5.74, 6) is 0.376. The molecule has 0 radical (unpaired) electrons. The Morgan fingerprint density at radius 3 is 2.94 bits per heavy atom. The van der Waals surface area contributed by atoms with Crippen molar-refractivity contribution in [2.45, 2.75) is 19.9 Å². The average Bonchev–Trinajstić information content (AvgIpc) is 2.28. The van der Waals surface area contributed by atoms with Crippen molar-refractivity contribution < 1.29 is 5.21 Å². The number of benzene rings is 1. The van der Waals surface area contributed by atoms with Crippen LogP contribution in [0.1, 0.15) is 24.5 Å². The van der Waals surface area contributed by atoms with Crippen molar-refractivity contribution in [3.63, 3.8) is 0 Å². The molecule has 0 amide bonds. The molecule has 1 aliphatic rings. The third kappa shape index (κ3) is 2.10. The molecule has 1 aromatic carbocycles. The van der Waals surface area contributed by atoms with E-state index in [1.165, 1.54) is 21.8 Å². The molecule has 1 atom stereocenters. The molecule has 0 spiro atoms. The second kappa shape index (κ2) is 4.68. The van der Waals surface area contributed by atoms with E-state index in [9.17, 15) is 5.21 Å². The minimum atomic E-state index is 0.376. The highest BCUT2D eigenvalue weighted by atomic mass is 16.5. The molecule has 1 aromatic rings. The SMILES string of the molecule is CC(CCN)C1=CN(O)Cc2ccccc21. The Bertz CT molecular complexity index is 401. The maximum Gasteiger partial charge on any atom is 0.0702 e. The van der Waals surface area contributed by atoms with Gasteiger partial charge in [0.2, 0.25) is 0 Å². The van der Waals surface area contributed by atoms with Crippen molar-refractivity contribution in [3.05, 3.63) is 41.6 Å². The number of nitrogens with two attached hydrogens (primary N) is 1. The maximum absolute atomic E-state index is 9.67. The quantitative estimate of drug-likeness (QED) is 0.817. The first kappa shape index (κ1) is 11.2. The molecule has 0 fully saturated rings. The first-order valence-electron chi connectivity index (χ1n) is 5.68. The lowest BCUT2D eigenvalue weighted by atomic mass is 9.87. The van der Waals surface area contributed by atoms with Crippen LogP contribution in [0.2, 0.25) is 0 Å². The van der Waals surface area contributed by atoms with E-state index < -0.39 is 0 Å². The highest BCUT2D eigenvalue weighted by molar-refractivity contribution is 5.70. The monoisotopic (exact) mass is 218 g/mol. The van der Waals surface area contributed by atoms with Crippen LogP contribution in [0.5, 0.6) is 0 Å². The van der Waals surface area contributed by atoms with Crippen LogP contribution in [0, 0.1) is 5.92 Å². The van der Waals surface area contributed by atoms with E-state index in [-0.39, 0.29) is 0 Å². The summed E-state index contributed by atoms with van der Waals surface area (Å²) >= 11 is 0. The molecule has 0 saturated carbocycles. The normalized spacial score (nSPS) is 16.7. The van der Waals surface area contributed by atoms with E-state index in [1.807, 2.05) is 18.3 Å². The van der Waals surface area contributed by atoms with Gasteiger partial charge in [0.25, 0.3) is 0 Å². The van der Waals surface area contributed by atoms with Gasteiger partial charge in [0, 0.05) is 6.20 Å². The minimum absolute atomic E-state index is 0.376. The zero-order valence-corrected chi connectivity index (χ0v) is 9.56. The third-order valence-electron chi connectivity index (χ3n) is 3.08. The Kier molecular flexibility index (Phi) is 3.27. The summed E-state index contributed by atoms with van der Waals surface area (Å²) in [6.45, 7) is 3.38. The maximum atomic E-state index is 9.67. The molecule has 3 nitrogen and oxygen atoms in total. The van der Waals surface area contributed by atoms with Gasteiger partial charge in [0.15, 0.2) is 0 Å². The Hall–Kier alpha value is -1.32. The number of fused-ring (bicyclic) bond motifs is 1. The average molecular weight is 218 g/mol. The van der Waals surface area contributed by atoms with E-state index in [0.29, 0.717) is 19.0 Å². The smallest absolute Gasteiger partial charge is 0.0702 e. The van der Waals surface area contributed by atoms with Gasteiger partial charge in [-0.2, -0.15) is 0 Å². The van der Waals surface area contributed by atoms with Crippen molar-refractivity contribution >= 4 is 5.57 Å². The predicted molar refractivity (Wildman–Crippen MR) is 64.6 cm³/mol. The molecule has 3 heteroatoms. The van der Waals surface area contributed by atoms with Crippen LogP contribution in [0.3, 0.4) is 0 Å². The van der Waals surface area contributed by atoms with Crippen LogP contribution in [0.15, 0.2) is 30.5 Å². The Labute approximate surface area is 96.1 Å². The van der Waals surface area contributed by atoms with Crippen molar-refractivity contribution in [1.29, 1.82) is 0 Å². The molecule has 3 N–H and O–H groups in total. The van der Waals surface area contributed by atoms with Crippen LogP contribution in [-0.4, -0.2) is 16.8 Å². The number of hydrogen-bond acceptors (Lipinski definition) is 3. The summed E-state index contributed by atoms with van der Waals surface area (Å²) in [5, 5.41) is 10.9. The fraction of sp³-hybridized carbons (Fsp3) is 0.385. The summed E-state index contributed by atoms with van der Waals surface area (Å²) < 4.78 is 0. The lowest BCUT2D eigenvalue weighted by Gasteiger charge is -2.27. The number of hydrogen-bond donors (Lipinski definition) is 2. The zero-order chi connectivity index (χ0) is 11.5. The summed E-state index contributed by atoms with van der Waals surface area (Å²) in [6.07, 6.45) is 2.76. The largest absolute Gasteiger partial charge is 0.330 e. The Balaban J connectivity index is 2.35. The van der Waals surface area contributed by atoms with Crippen molar-refractivity contribution in [2.24, 2.45) is 11.7 Å². The van der Waals surface area contributed by atoms with Crippen LogP contribution in [-0.2, 0) is 6.54 Å². The molecule has 1 unspecified atom stereocenters. The molecule has 16 heavy (non-hydrogen) atoms. The first-order valence-corrected chi connectivity index (χ1v) is 5.68. The van der Waals surface area contributed by atoms with Gasteiger partial charge < -0.3 is 5.73 Å². The third-order valence-corrected chi connectivity index (χ3v) is 3.08. The molecule has 1 heterocycles. The van der Waals surface area contributed by atoms with E-state index in [0.717, 1.165) is 6.42 Å². The topological polar surface area (TPSA) is 49.5 Å². The fourth-order valence-corrected chi connectivity index (χ4v) is 2.19. The van der Waals surface area contributed by atoms with Gasteiger partial charge in [-0.3, -0.25) is 10.3 Å². The molecule has 0 bridgehead atoms. The standard InChI is InChI=1S/C13H18N2O/c1-10(6-7-14)13-9-15(16)8-11-4-2-3-5-12(11)13/h2-5,9-10,16H,6-8,14H2,1H3. The van der Waals surface area contributed by atoms with Crippen molar-refractivity contribution in [1.82, 2.24) is 5.06 Å². The predicted octanol–water partition coefficient (Wildman–Crippen LogP) is 2.22. The van der Waals surface area contributed by atoms with E-state index in [2.05, 4.69) is 19.1 Å². The zero-order valence-electron chi connectivity index (χ0n) is 9.56. The van der Waals surface area contributed by atoms with Gasteiger partial charge in [-0.05, 0) is 35.6 Å². The van der Waals surface area contributed by atoms with Gasteiger partial charge in [-0.1, -0.05) is 31.2 Å². The van der Waals surface area contributed by atoms with Gasteiger partial charge in [-0.25, -0.2) is 0 Å². The van der Waals surface area contributed by atoms with E-state index in [4.69, 9.17) is 5.73 Å². The Morgan fingerprint density at radius 2 is 2.19 bits per heavy atom. The second-order valence-electron chi connectivity index (χ2n) is 4.32. The van der Waals surface area contributed by atoms with Gasteiger partial charge in [-0.15, -0.1) is 0 Å². The highest BCUT2D eigenvalue weighted by Gasteiger charge is 2.19. The summed E-state index contributed by atoms with van der Waals surface area (Å²) in [6, 6.07) is 8.21. The van der Waals surface area contributed by atoms with Crippen LogP contribution < -0.4 is 5.73 Å². The molecular formula is C13H18N2O. The highest BCUT2D eigenvalue weighted by Crippen LogP contribution is 2.32. The Morgan fingerprint density at radius 1 is 1.44 bits per heavy atom. The van der Waals surface area contributed by atoms with Crippen LogP contribution >= 0.6 is 0 Å². The fourth-order valence-electron chi connectivity index (χ4n) is 2.19. The number of nitrogens with zero attached hydrogens (tertiary/aromatic N) is 1. The molecular weight excluding hydrogens is 200 g/mol. The van der Waals surface area contributed by atoms with Crippen molar-refractivity contribution in [3.8, 4) is 0 Å². The van der Waals surface area contributed by atoms with E-state index >= 15 is 0 Å². The number of rotatable bonds is 3. The van der Waals surface area contributed by atoms with E-state index in [1.54, 1.807) is 0 Å². The molecule has 1 aliphatic heterocycles. The number of allylic oxidation sites excluding steroid dienone is 1. The van der Waals surface area contributed by atoms with Gasteiger partial charge >= 0.3 is 0 Å². The number of hydroxylamine groups is 2. The summed E-state index contributed by atoms with van der Waals surface area (Å²) in [5.41, 5.74) is 9.18. The first-order chi connectivity index (χ1) is 7.72. The lowest BCUT2D eigenvalue weighted by molar-refractivity contribution is -0.0504. The van der Waals surface area contributed by atoms with Crippen molar-refractivity contribution in [2.75, 3.05) is 6.54 Å². The molecule has 2 rings (SSSR count). The summed E-state index contributed by atoms with van der Waals surface area (Å²) in [4.78, 5) is 0. The minimum Gasteiger partial charge on any atom is -0.330 e. The molecule has 0 aromatic heterocycles. The molecule has 0 saturated heterocycles. The molecule has 0 aliphatic carbocycles. The summed E-state index contributed by atoms with van der Waals surface area (Å²) in [7, 11) is 0. The van der Waals surface area contributed by atoms with Gasteiger partial charge in [0.1, 0.15) is 0 Å². The van der Waals surface area contributed by atoms with Crippen LogP contribution in [0.25, 0.3) is 5.57 Å². The van der Waals surface area contributed by atoms with Crippen LogP contribution in [0.4, 0.5) is 0 Å². The van der Waals surface area contributed by atoms with Gasteiger partial charge in [0.05, 0.1) is 6.54 Å².